The first-order valence-electron chi connectivity index (χ1n) is 5.84. The average Bonchev–Trinajstić information content (AvgIpc) is 2.27. The maximum atomic E-state index is 13.6. The molecule has 0 fully saturated rings. The summed E-state index contributed by atoms with van der Waals surface area (Å²) >= 11 is 6.02. The quantitative estimate of drug-likeness (QED) is 0.774. The molecule has 0 aliphatic heterocycles. The van der Waals surface area contributed by atoms with E-state index in [1.165, 1.54) is 6.07 Å². The number of likely N-dealkylation sites (N-methyl/N-ethyl adjacent to an activating group) is 2. The minimum Gasteiger partial charge on any atom is -0.308 e. The monoisotopic (exact) mass is 258 g/mol. The van der Waals surface area contributed by atoms with E-state index in [4.69, 9.17) is 11.6 Å². The zero-order valence-corrected chi connectivity index (χ0v) is 11.5. The molecule has 1 aromatic rings. The van der Waals surface area contributed by atoms with Gasteiger partial charge in [-0.25, -0.2) is 4.39 Å². The first-order chi connectivity index (χ1) is 8.04. The Kier molecular flexibility index (Phi) is 5.89. The molecule has 1 rings (SSSR count). The first kappa shape index (κ1) is 14.4. The molecule has 0 amide bonds. The maximum Gasteiger partial charge on any atom is 0.129 e. The van der Waals surface area contributed by atoms with Crippen LogP contribution >= 0.6 is 11.6 Å². The Labute approximate surface area is 108 Å². The van der Waals surface area contributed by atoms with Crippen molar-refractivity contribution in [3.05, 3.63) is 34.6 Å². The van der Waals surface area contributed by atoms with Gasteiger partial charge in [0.15, 0.2) is 0 Å². The molecule has 0 aliphatic carbocycles. The topological polar surface area (TPSA) is 6.48 Å². The van der Waals surface area contributed by atoms with Gasteiger partial charge in [-0.05, 0) is 32.8 Å². The number of hydrogen-bond donors (Lipinski definition) is 0. The van der Waals surface area contributed by atoms with E-state index < -0.39 is 0 Å². The highest BCUT2D eigenvalue weighted by molar-refractivity contribution is 6.31. The van der Waals surface area contributed by atoms with Crippen molar-refractivity contribution >= 4 is 11.6 Å². The number of hydrogen-bond acceptors (Lipinski definition) is 2. The van der Waals surface area contributed by atoms with Gasteiger partial charge in [-0.15, -0.1) is 0 Å². The highest BCUT2D eigenvalue weighted by Gasteiger charge is 2.11. The van der Waals surface area contributed by atoms with Crippen LogP contribution in [-0.4, -0.2) is 43.5 Å². The lowest BCUT2D eigenvalue weighted by Gasteiger charge is -2.23. The van der Waals surface area contributed by atoms with E-state index in [1.807, 2.05) is 14.1 Å². The predicted molar refractivity (Wildman–Crippen MR) is 70.9 cm³/mol. The minimum atomic E-state index is -0.221. The SMILES string of the molecule is CCN(CCN(C)C)Cc1c(F)cccc1Cl. The van der Waals surface area contributed by atoms with Crippen molar-refractivity contribution < 1.29 is 4.39 Å². The minimum absolute atomic E-state index is 0.221. The molecule has 96 valence electrons. The Balaban J connectivity index is 2.67. The number of nitrogens with zero attached hydrogens (tertiary/aromatic N) is 2. The van der Waals surface area contributed by atoms with Crippen molar-refractivity contribution in [3.8, 4) is 0 Å². The summed E-state index contributed by atoms with van der Waals surface area (Å²) in [6, 6.07) is 4.83. The van der Waals surface area contributed by atoms with Gasteiger partial charge in [-0.1, -0.05) is 24.6 Å². The van der Waals surface area contributed by atoms with Gasteiger partial charge in [-0.3, -0.25) is 4.90 Å². The van der Waals surface area contributed by atoms with E-state index >= 15 is 0 Å². The predicted octanol–water partition coefficient (Wildman–Crippen LogP) is 2.86. The second-order valence-electron chi connectivity index (χ2n) is 4.37. The molecule has 4 heteroatoms. The Morgan fingerprint density at radius 2 is 1.94 bits per heavy atom. The highest BCUT2D eigenvalue weighted by Crippen LogP contribution is 2.20. The molecule has 0 unspecified atom stereocenters. The lowest BCUT2D eigenvalue weighted by atomic mass is 10.2. The fraction of sp³-hybridized carbons (Fsp3) is 0.538. The van der Waals surface area contributed by atoms with Crippen LogP contribution < -0.4 is 0 Å². The Morgan fingerprint density at radius 3 is 2.47 bits per heavy atom. The van der Waals surface area contributed by atoms with E-state index in [0.717, 1.165) is 19.6 Å². The van der Waals surface area contributed by atoms with E-state index in [9.17, 15) is 4.39 Å². The number of rotatable bonds is 6. The molecule has 0 heterocycles. The van der Waals surface area contributed by atoms with Crippen LogP contribution in [0.25, 0.3) is 0 Å². The van der Waals surface area contributed by atoms with Gasteiger partial charge in [0.1, 0.15) is 5.82 Å². The fourth-order valence-electron chi connectivity index (χ4n) is 1.60. The maximum absolute atomic E-state index is 13.6. The standard InChI is InChI=1S/C13H20ClFN2/c1-4-17(9-8-16(2)3)10-11-12(14)6-5-7-13(11)15/h5-7H,4,8-10H2,1-3H3. The average molecular weight is 259 g/mol. The van der Waals surface area contributed by atoms with E-state index in [2.05, 4.69) is 16.7 Å². The lowest BCUT2D eigenvalue weighted by molar-refractivity contribution is 0.241. The zero-order valence-electron chi connectivity index (χ0n) is 10.7. The molecule has 17 heavy (non-hydrogen) atoms. The molecule has 2 nitrogen and oxygen atoms in total. The van der Waals surface area contributed by atoms with Gasteiger partial charge < -0.3 is 4.90 Å². The van der Waals surface area contributed by atoms with Crippen molar-refractivity contribution in [2.24, 2.45) is 0 Å². The molecule has 0 saturated heterocycles. The smallest absolute Gasteiger partial charge is 0.129 e. The fourth-order valence-corrected chi connectivity index (χ4v) is 1.82. The van der Waals surface area contributed by atoms with Crippen LogP contribution in [0.5, 0.6) is 0 Å². The molecule has 0 saturated carbocycles. The second-order valence-corrected chi connectivity index (χ2v) is 4.78. The molecule has 0 bridgehead atoms. The molecule has 0 N–H and O–H groups in total. The molecular formula is C13H20ClFN2. The third kappa shape index (κ3) is 4.62. The normalized spacial score (nSPS) is 11.5. The van der Waals surface area contributed by atoms with Crippen LogP contribution in [0.2, 0.25) is 5.02 Å². The van der Waals surface area contributed by atoms with Crippen molar-refractivity contribution in [2.75, 3.05) is 33.7 Å². The van der Waals surface area contributed by atoms with Crippen LogP contribution in [0.15, 0.2) is 18.2 Å². The third-order valence-corrected chi connectivity index (χ3v) is 3.11. The van der Waals surface area contributed by atoms with Crippen molar-refractivity contribution in [1.29, 1.82) is 0 Å². The molecule has 0 spiro atoms. The van der Waals surface area contributed by atoms with Gasteiger partial charge in [0, 0.05) is 30.2 Å². The van der Waals surface area contributed by atoms with Gasteiger partial charge in [0.2, 0.25) is 0 Å². The zero-order chi connectivity index (χ0) is 12.8. The molecular weight excluding hydrogens is 239 g/mol. The lowest BCUT2D eigenvalue weighted by Crippen LogP contribution is -2.31. The van der Waals surface area contributed by atoms with Crippen molar-refractivity contribution in [3.63, 3.8) is 0 Å². The molecule has 0 atom stereocenters. The Bertz CT molecular complexity index is 335. The van der Waals surface area contributed by atoms with Crippen molar-refractivity contribution in [2.45, 2.75) is 13.5 Å². The van der Waals surface area contributed by atoms with Crippen LogP contribution in [0, 0.1) is 5.82 Å². The van der Waals surface area contributed by atoms with E-state index in [-0.39, 0.29) is 5.82 Å². The number of halogens is 2. The molecule has 0 radical (unpaired) electrons. The van der Waals surface area contributed by atoms with Crippen LogP contribution in [-0.2, 0) is 6.54 Å². The summed E-state index contributed by atoms with van der Waals surface area (Å²) in [4.78, 5) is 4.30. The molecule has 1 aromatic carbocycles. The summed E-state index contributed by atoms with van der Waals surface area (Å²) in [5, 5.41) is 0.508. The summed E-state index contributed by atoms with van der Waals surface area (Å²) in [5.41, 5.74) is 0.592. The van der Waals surface area contributed by atoms with Gasteiger partial charge in [0.05, 0.1) is 0 Å². The Morgan fingerprint density at radius 1 is 1.24 bits per heavy atom. The summed E-state index contributed by atoms with van der Waals surface area (Å²) in [7, 11) is 4.06. The van der Waals surface area contributed by atoms with Gasteiger partial charge in [0.25, 0.3) is 0 Å². The van der Waals surface area contributed by atoms with Crippen molar-refractivity contribution in [1.82, 2.24) is 9.80 Å². The van der Waals surface area contributed by atoms with Gasteiger partial charge >= 0.3 is 0 Å². The first-order valence-corrected chi connectivity index (χ1v) is 6.22. The summed E-state index contributed by atoms with van der Waals surface area (Å²) in [6.07, 6.45) is 0. The highest BCUT2D eigenvalue weighted by atomic mass is 35.5. The molecule has 0 aliphatic rings. The number of benzene rings is 1. The summed E-state index contributed by atoms with van der Waals surface area (Å²) < 4.78 is 13.6. The third-order valence-electron chi connectivity index (χ3n) is 2.75. The second kappa shape index (κ2) is 6.94. The van der Waals surface area contributed by atoms with Gasteiger partial charge in [-0.2, -0.15) is 0 Å². The van der Waals surface area contributed by atoms with Crippen LogP contribution in [0.4, 0.5) is 4.39 Å². The Hall–Kier alpha value is -0.640. The molecule has 0 aromatic heterocycles. The summed E-state index contributed by atoms with van der Waals surface area (Å²) in [6.45, 7) is 5.40. The van der Waals surface area contributed by atoms with E-state index in [0.29, 0.717) is 17.1 Å². The van der Waals surface area contributed by atoms with Crippen LogP contribution in [0.1, 0.15) is 12.5 Å². The largest absolute Gasteiger partial charge is 0.308 e. The van der Waals surface area contributed by atoms with E-state index in [1.54, 1.807) is 12.1 Å². The summed E-state index contributed by atoms with van der Waals surface area (Å²) in [5.74, 6) is -0.221. The van der Waals surface area contributed by atoms with Crippen LogP contribution in [0.3, 0.4) is 0 Å².